The Morgan fingerprint density at radius 1 is 1.33 bits per heavy atom. The van der Waals surface area contributed by atoms with Crippen LogP contribution < -0.4 is 4.74 Å². The Morgan fingerprint density at radius 3 is 2.78 bits per heavy atom. The van der Waals surface area contributed by atoms with Crippen LogP contribution in [0.5, 0.6) is 5.75 Å². The Hall–Kier alpha value is -1.87. The topological polar surface area (TPSA) is 42.4 Å². The van der Waals surface area contributed by atoms with Crippen LogP contribution in [0.15, 0.2) is 42.7 Å². The lowest BCUT2D eigenvalue weighted by atomic mass is 10.1. The molecule has 0 amide bonds. The van der Waals surface area contributed by atoms with Crippen molar-refractivity contribution in [2.75, 3.05) is 0 Å². The van der Waals surface area contributed by atoms with Gasteiger partial charge < -0.3 is 9.84 Å². The molecule has 0 unspecified atom stereocenters. The summed E-state index contributed by atoms with van der Waals surface area (Å²) in [5, 5.41) is 9.50. The molecule has 18 heavy (non-hydrogen) atoms. The first-order valence-electron chi connectivity index (χ1n) is 5.97. The molecule has 94 valence electrons. The van der Waals surface area contributed by atoms with Crippen molar-refractivity contribution < 1.29 is 9.84 Å². The maximum Gasteiger partial charge on any atom is 0.122 e. The van der Waals surface area contributed by atoms with Crippen molar-refractivity contribution >= 4 is 0 Å². The highest BCUT2D eigenvalue weighted by Crippen LogP contribution is 2.23. The van der Waals surface area contributed by atoms with Gasteiger partial charge in [-0.25, -0.2) is 0 Å². The van der Waals surface area contributed by atoms with E-state index in [4.69, 9.17) is 4.74 Å². The fraction of sp³-hybridized carbons (Fsp3) is 0.267. The second-order valence-corrected chi connectivity index (χ2v) is 4.35. The van der Waals surface area contributed by atoms with E-state index in [-0.39, 0.29) is 0 Å². The van der Waals surface area contributed by atoms with Crippen LogP contribution in [-0.4, -0.2) is 10.1 Å². The predicted octanol–water partition coefficient (Wildman–Crippen LogP) is 3.02. The maximum absolute atomic E-state index is 9.50. The number of hydrogen-bond donors (Lipinski definition) is 1. The summed E-state index contributed by atoms with van der Waals surface area (Å²) in [7, 11) is 0. The maximum atomic E-state index is 9.50. The monoisotopic (exact) mass is 243 g/mol. The third-order valence-electron chi connectivity index (χ3n) is 2.80. The third-order valence-corrected chi connectivity index (χ3v) is 2.80. The minimum atomic E-state index is -0.448. The molecule has 0 spiro atoms. The van der Waals surface area contributed by atoms with Gasteiger partial charge in [-0.15, -0.1) is 0 Å². The number of rotatable bonds is 4. The van der Waals surface area contributed by atoms with Crippen LogP contribution in [0.4, 0.5) is 0 Å². The van der Waals surface area contributed by atoms with Crippen LogP contribution in [0.2, 0.25) is 0 Å². The molecule has 0 saturated carbocycles. The summed E-state index contributed by atoms with van der Waals surface area (Å²) in [6, 6.07) is 9.60. The van der Waals surface area contributed by atoms with Gasteiger partial charge in [0, 0.05) is 18.0 Å². The summed E-state index contributed by atoms with van der Waals surface area (Å²) in [6.07, 6.45) is 3.09. The number of aromatic nitrogens is 1. The number of nitrogens with zero attached hydrogens (tertiary/aromatic N) is 1. The Kier molecular flexibility index (Phi) is 3.95. The average Bonchev–Trinajstić information content (AvgIpc) is 2.38. The van der Waals surface area contributed by atoms with E-state index >= 15 is 0 Å². The molecule has 0 radical (unpaired) electrons. The molecule has 0 aliphatic rings. The molecule has 0 fully saturated rings. The van der Waals surface area contributed by atoms with Crippen molar-refractivity contribution in [1.82, 2.24) is 4.98 Å². The minimum Gasteiger partial charge on any atom is -0.489 e. The quantitative estimate of drug-likeness (QED) is 0.897. The first kappa shape index (κ1) is 12.6. The van der Waals surface area contributed by atoms with E-state index in [1.54, 1.807) is 19.3 Å². The summed E-state index contributed by atoms with van der Waals surface area (Å²) in [6.45, 7) is 4.23. The molecule has 2 aromatic rings. The van der Waals surface area contributed by atoms with Gasteiger partial charge in [0.25, 0.3) is 0 Å². The fourth-order valence-electron chi connectivity index (χ4n) is 1.74. The summed E-state index contributed by atoms with van der Waals surface area (Å²) in [5.74, 6) is 0.836. The number of benzene rings is 1. The average molecular weight is 243 g/mol. The molecule has 3 heteroatoms. The van der Waals surface area contributed by atoms with Gasteiger partial charge in [-0.1, -0.05) is 12.1 Å². The number of pyridine rings is 1. The van der Waals surface area contributed by atoms with Crippen molar-refractivity contribution in [2.45, 2.75) is 26.6 Å². The summed E-state index contributed by atoms with van der Waals surface area (Å²) >= 11 is 0. The fourth-order valence-corrected chi connectivity index (χ4v) is 1.74. The van der Waals surface area contributed by atoms with Crippen molar-refractivity contribution in [1.29, 1.82) is 0 Å². The van der Waals surface area contributed by atoms with Crippen molar-refractivity contribution in [3.63, 3.8) is 0 Å². The number of aliphatic hydroxyl groups excluding tert-OH is 1. The Morgan fingerprint density at radius 2 is 2.17 bits per heavy atom. The number of aryl methyl sites for hydroxylation is 1. The van der Waals surface area contributed by atoms with Gasteiger partial charge in [-0.05, 0) is 43.2 Å². The number of aliphatic hydroxyl groups is 1. The van der Waals surface area contributed by atoms with E-state index in [9.17, 15) is 5.11 Å². The smallest absolute Gasteiger partial charge is 0.122 e. The van der Waals surface area contributed by atoms with Gasteiger partial charge in [0.05, 0.1) is 6.10 Å². The molecule has 0 bridgehead atoms. The molecule has 1 aromatic heterocycles. The molecule has 3 nitrogen and oxygen atoms in total. The van der Waals surface area contributed by atoms with Gasteiger partial charge in [-0.2, -0.15) is 0 Å². The predicted molar refractivity (Wildman–Crippen MR) is 70.4 cm³/mol. The highest BCUT2D eigenvalue weighted by molar-refractivity contribution is 5.37. The summed E-state index contributed by atoms with van der Waals surface area (Å²) in [5.41, 5.74) is 2.97. The molecular formula is C15H17NO2. The van der Waals surface area contributed by atoms with Crippen LogP contribution in [0, 0.1) is 6.92 Å². The first-order valence-corrected chi connectivity index (χ1v) is 5.97. The van der Waals surface area contributed by atoms with E-state index < -0.39 is 6.10 Å². The van der Waals surface area contributed by atoms with Gasteiger partial charge in [0.2, 0.25) is 0 Å². The molecule has 1 N–H and O–H groups in total. The molecule has 0 aliphatic heterocycles. The molecule has 2 rings (SSSR count). The third kappa shape index (κ3) is 3.08. The lowest BCUT2D eigenvalue weighted by molar-refractivity contribution is 0.199. The van der Waals surface area contributed by atoms with Gasteiger partial charge >= 0.3 is 0 Å². The van der Waals surface area contributed by atoms with Crippen molar-refractivity contribution in [3.8, 4) is 5.75 Å². The minimum absolute atomic E-state index is 0.448. The lowest BCUT2D eigenvalue weighted by Crippen LogP contribution is -1.99. The second kappa shape index (κ2) is 5.65. The molecule has 1 heterocycles. The van der Waals surface area contributed by atoms with Gasteiger partial charge in [0.15, 0.2) is 0 Å². The molecule has 0 saturated heterocycles. The Bertz CT molecular complexity index is 509. The second-order valence-electron chi connectivity index (χ2n) is 4.35. The van der Waals surface area contributed by atoms with Crippen molar-refractivity contribution in [3.05, 3.63) is 59.4 Å². The van der Waals surface area contributed by atoms with Gasteiger partial charge in [-0.3, -0.25) is 4.98 Å². The Labute approximate surface area is 107 Å². The molecular weight excluding hydrogens is 226 g/mol. The standard InChI is InChI=1S/C15H17NO2/c1-11-8-14(12(2)17)5-6-15(11)18-10-13-4-3-7-16-9-13/h3-9,12,17H,10H2,1-2H3/t12-/m0/s1. The highest BCUT2D eigenvalue weighted by Gasteiger charge is 2.05. The molecule has 0 aliphatic carbocycles. The Balaban J connectivity index is 2.06. The zero-order valence-electron chi connectivity index (χ0n) is 10.6. The summed E-state index contributed by atoms with van der Waals surface area (Å²) < 4.78 is 5.74. The van der Waals surface area contributed by atoms with Crippen LogP contribution in [0.25, 0.3) is 0 Å². The normalized spacial score (nSPS) is 12.2. The van der Waals surface area contributed by atoms with Crippen LogP contribution >= 0.6 is 0 Å². The van der Waals surface area contributed by atoms with Gasteiger partial charge in [0.1, 0.15) is 12.4 Å². The van der Waals surface area contributed by atoms with E-state index in [0.29, 0.717) is 6.61 Å². The first-order chi connectivity index (χ1) is 8.66. The van der Waals surface area contributed by atoms with Crippen LogP contribution in [-0.2, 0) is 6.61 Å². The number of hydrogen-bond acceptors (Lipinski definition) is 3. The molecule has 1 aromatic carbocycles. The van der Waals surface area contributed by atoms with Crippen LogP contribution in [0.1, 0.15) is 29.7 Å². The van der Waals surface area contributed by atoms with E-state index in [1.807, 2.05) is 37.3 Å². The van der Waals surface area contributed by atoms with E-state index in [1.165, 1.54) is 0 Å². The largest absolute Gasteiger partial charge is 0.489 e. The number of ether oxygens (including phenoxy) is 1. The zero-order valence-corrected chi connectivity index (χ0v) is 10.6. The SMILES string of the molecule is Cc1cc([C@H](C)O)ccc1OCc1cccnc1. The van der Waals surface area contributed by atoms with E-state index in [2.05, 4.69) is 4.98 Å². The highest BCUT2D eigenvalue weighted by atomic mass is 16.5. The van der Waals surface area contributed by atoms with Crippen LogP contribution in [0.3, 0.4) is 0 Å². The molecule has 1 atom stereocenters. The zero-order chi connectivity index (χ0) is 13.0. The van der Waals surface area contributed by atoms with Crippen molar-refractivity contribution in [2.24, 2.45) is 0 Å². The van der Waals surface area contributed by atoms with E-state index in [0.717, 1.165) is 22.4 Å². The summed E-state index contributed by atoms with van der Waals surface area (Å²) in [4.78, 5) is 4.04. The lowest BCUT2D eigenvalue weighted by Gasteiger charge is -2.11.